The number of pyridine rings is 1. The van der Waals surface area contributed by atoms with E-state index in [2.05, 4.69) is 16.2 Å². The van der Waals surface area contributed by atoms with Crippen LogP contribution in [0.25, 0.3) is 0 Å². The monoisotopic (exact) mass is 232 g/mol. The second-order valence-electron chi connectivity index (χ2n) is 3.83. The zero-order valence-corrected chi connectivity index (χ0v) is 10.0. The third-order valence-electron chi connectivity index (χ3n) is 2.38. The largest absolute Gasteiger partial charge is 0.478 e. The van der Waals surface area contributed by atoms with Gasteiger partial charge in [0.2, 0.25) is 0 Å². The second kappa shape index (κ2) is 5.90. The fourth-order valence-corrected chi connectivity index (χ4v) is 1.52. The minimum Gasteiger partial charge on any atom is -0.478 e. The van der Waals surface area contributed by atoms with Gasteiger partial charge in [0.25, 0.3) is 0 Å². The zero-order valence-electron chi connectivity index (χ0n) is 10.0. The molecule has 0 aliphatic rings. The number of hydrogen-bond donors (Lipinski definition) is 2. The lowest BCUT2D eigenvalue weighted by atomic mass is 10.1. The first-order chi connectivity index (χ1) is 8.08. The van der Waals surface area contributed by atoms with Crippen molar-refractivity contribution >= 4 is 11.7 Å². The van der Waals surface area contributed by atoms with Crippen LogP contribution in [0.1, 0.15) is 35.8 Å². The molecule has 4 heteroatoms. The smallest absolute Gasteiger partial charge is 0.339 e. The van der Waals surface area contributed by atoms with E-state index in [1.165, 1.54) is 6.20 Å². The number of anilines is 1. The summed E-state index contributed by atoms with van der Waals surface area (Å²) < 4.78 is 0. The minimum absolute atomic E-state index is 0.145. The number of nitrogens with one attached hydrogen (secondary N) is 1. The summed E-state index contributed by atoms with van der Waals surface area (Å²) in [7, 11) is 0. The Morgan fingerprint density at radius 1 is 1.71 bits per heavy atom. The van der Waals surface area contributed by atoms with E-state index in [9.17, 15) is 4.79 Å². The van der Waals surface area contributed by atoms with Gasteiger partial charge in [0, 0.05) is 11.9 Å². The summed E-state index contributed by atoms with van der Waals surface area (Å²) in [6.07, 6.45) is 8.48. The Hall–Kier alpha value is -2.02. The lowest BCUT2D eigenvalue weighted by Gasteiger charge is -2.15. The number of carboxylic acid groups (broad SMARTS) is 1. The van der Waals surface area contributed by atoms with E-state index >= 15 is 0 Å². The van der Waals surface area contributed by atoms with Gasteiger partial charge in [-0.25, -0.2) is 4.79 Å². The molecule has 1 unspecified atom stereocenters. The second-order valence-corrected chi connectivity index (χ2v) is 3.83. The van der Waals surface area contributed by atoms with Gasteiger partial charge >= 0.3 is 5.97 Å². The third kappa shape index (κ3) is 3.49. The summed E-state index contributed by atoms with van der Waals surface area (Å²) in [6.45, 7) is 3.84. The van der Waals surface area contributed by atoms with Gasteiger partial charge in [0.05, 0.1) is 11.7 Å². The summed E-state index contributed by atoms with van der Waals surface area (Å²) in [5, 5.41) is 12.1. The van der Waals surface area contributed by atoms with Crippen molar-refractivity contribution < 1.29 is 9.90 Å². The Kier molecular flexibility index (Phi) is 4.53. The van der Waals surface area contributed by atoms with Gasteiger partial charge in [-0.15, -0.1) is 6.42 Å². The van der Waals surface area contributed by atoms with Crippen molar-refractivity contribution in [3.63, 3.8) is 0 Å². The van der Waals surface area contributed by atoms with Crippen LogP contribution >= 0.6 is 0 Å². The van der Waals surface area contributed by atoms with Crippen LogP contribution in [0.2, 0.25) is 0 Å². The Morgan fingerprint density at radius 2 is 2.41 bits per heavy atom. The van der Waals surface area contributed by atoms with Crippen molar-refractivity contribution in [3.05, 3.63) is 23.5 Å². The number of nitrogens with zero attached hydrogens (tertiary/aromatic N) is 1. The number of hydrogen-bond acceptors (Lipinski definition) is 3. The molecule has 1 aromatic rings. The van der Waals surface area contributed by atoms with Crippen LogP contribution in [0, 0.1) is 19.3 Å². The molecule has 0 aliphatic carbocycles. The van der Waals surface area contributed by atoms with E-state index in [1.807, 2.05) is 13.8 Å². The molecular formula is C13H16N2O2. The maximum atomic E-state index is 11.0. The van der Waals surface area contributed by atoms with Gasteiger partial charge in [0.1, 0.15) is 5.56 Å². The van der Waals surface area contributed by atoms with Crippen LogP contribution in [-0.2, 0) is 0 Å². The Morgan fingerprint density at radius 3 is 2.94 bits per heavy atom. The van der Waals surface area contributed by atoms with Crippen LogP contribution < -0.4 is 5.32 Å². The van der Waals surface area contributed by atoms with Crippen molar-refractivity contribution in [2.75, 3.05) is 5.32 Å². The van der Waals surface area contributed by atoms with Gasteiger partial charge < -0.3 is 10.4 Å². The predicted molar refractivity (Wildman–Crippen MR) is 67.1 cm³/mol. The highest BCUT2D eigenvalue weighted by Gasteiger charge is 2.13. The quantitative estimate of drug-likeness (QED) is 0.765. The number of carboxylic acids is 1. The predicted octanol–water partition coefficient (Wildman–Crippen LogP) is 2.30. The van der Waals surface area contributed by atoms with E-state index in [0.29, 0.717) is 5.69 Å². The number of rotatable bonds is 5. The molecule has 0 radical (unpaired) electrons. The van der Waals surface area contributed by atoms with Crippen LogP contribution in [0.5, 0.6) is 0 Å². The van der Waals surface area contributed by atoms with Crippen molar-refractivity contribution in [1.82, 2.24) is 4.98 Å². The molecule has 0 amide bonds. The average Bonchev–Trinajstić information content (AvgIpc) is 2.28. The van der Waals surface area contributed by atoms with E-state index < -0.39 is 5.97 Å². The number of aryl methyl sites for hydroxylation is 1. The van der Waals surface area contributed by atoms with Gasteiger partial charge in [-0.05, 0) is 19.4 Å². The van der Waals surface area contributed by atoms with E-state index in [0.717, 1.165) is 18.5 Å². The molecule has 0 bridgehead atoms. The maximum absolute atomic E-state index is 11.0. The minimum atomic E-state index is -1.01. The van der Waals surface area contributed by atoms with E-state index in [4.69, 9.17) is 11.5 Å². The van der Waals surface area contributed by atoms with E-state index in [1.54, 1.807) is 6.07 Å². The maximum Gasteiger partial charge on any atom is 0.339 e. The molecule has 1 rings (SSSR count). The van der Waals surface area contributed by atoms with Gasteiger partial charge in [-0.3, -0.25) is 4.98 Å². The molecule has 0 saturated heterocycles. The molecule has 1 aromatic heterocycles. The van der Waals surface area contributed by atoms with Crippen LogP contribution in [0.15, 0.2) is 12.3 Å². The van der Waals surface area contributed by atoms with Crippen LogP contribution in [-0.4, -0.2) is 22.1 Å². The van der Waals surface area contributed by atoms with Crippen molar-refractivity contribution in [3.8, 4) is 12.3 Å². The molecule has 0 saturated carbocycles. The summed E-state index contributed by atoms with van der Waals surface area (Å²) in [4.78, 5) is 15.0. The molecule has 90 valence electrons. The molecule has 1 heterocycles. The van der Waals surface area contributed by atoms with Gasteiger partial charge in [-0.1, -0.05) is 19.3 Å². The summed E-state index contributed by atoms with van der Waals surface area (Å²) in [6, 6.07) is 1.54. The van der Waals surface area contributed by atoms with Crippen LogP contribution in [0.4, 0.5) is 5.69 Å². The molecule has 0 fully saturated rings. The topological polar surface area (TPSA) is 62.2 Å². The summed E-state index contributed by atoms with van der Waals surface area (Å²) in [5.41, 5.74) is 1.43. The third-order valence-corrected chi connectivity index (χ3v) is 2.38. The first-order valence-electron chi connectivity index (χ1n) is 5.51. The number of aromatic nitrogens is 1. The fraction of sp³-hybridized carbons (Fsp3) is 0.385. The molecule has 1 atom stereocenters. The highest BCUT2D eigenvalue weighted by molar-refractivity contribution is 5.94. The van der Waals surface area contributed by atoms with Crippen LogP contribution in [0.3, 0.4) is 0 Å². The number of carbonyl (C=O) groups is 1. The Balaban J connectivity index is 2.99. The van der Waals surface area contributed by atoms with Crippen molar-refractivity contribution in [1.29, 1.82) is 0 Å². The number of terminal acetylenes is 1. The van der Waals surface area contributed by atoms with E-state index in [-0.39, 0.29) is 11.6 Å². The average molecular weight is 232 g/mol. The highest BCUT2D eigenvalue weighted by Crippen LogP contribution is 2.17. The normalized spacial score (nSPS) is 11.6. The standard InChI is InChI=1S/C13H16N2O2/c1-4-6-10(5-2)15-12-7-9(3)14-8-11(12)13(16)17/h2,7-8,10H,4,6H2,1,3H3,(H,14,15)(H,16,17). The highest BCUT2D eigenvalue weighted by atomic mass is 16.4. The van der Waals surface area contributed by atoms with Gasteiger partial charge in [-0.2, -0.15) is 0 Å². The molecule has 0 spiro atoms. The summed E-state index contributed by atoms with van der Waals surface area (Å²) >= 11 is 0. The Labute approximate surface area is 101 Å². The fourth-order valence-electron chi connectivity index (χ4n) is 1.52. The molecule has 0 aromatic carbocycles. The van der Waals surface area contributed by atoms with Crippen molar-refractivity contribution in [2.45, 2.75) is 32.7 Å². The Bertz CT molecular complexity index is 449. The lowest BCUT2D eigenvalue weighted by molar-refractivity contribution is 0.0697. The molecule has 4 nitrogen and oxygen atoms in total. The summed E-state index contributed by atoms with van der Waals surface area (Å²) in [5.74, 6) is 1.61. The molecule has 2 N–H and O–H groups in total. The van der Waals surface area contributed by atoms with Crippen molar-refractivity contribution in [2.24, 2.45) is 0 Å². The molecule has 17 heavy (non-hydrogen) atoms. The lowest BCUT2D eigenvalue weighted by Crippen LogP contribution is -2.19. The SMILES string of the molecule is C#CC(CCC)Nc1cc(C)ncc1C(=O)O. The van der Waals surface area contributed by atoms with Gasteiger partial charge in [0.15, 0.2) is 0 Å². The zero-order chi connectivity index (χ0) is 12.8. The first-order valence-corrected chi connectivity index (χ1v) is 5.51. The molecule has 0 aliphatic heterocycles. The first kappa shape index (κ1) is 13.0. The number of aromatic carboxylic acids is 1. The molecular weight excluding hydrogens is 216 g/mol.